The zero-order valence-corrected chi connectivity index (χ0v) is 17.1. The van der Waals surface area contributed by atoms with Crippen molar-refractivity contribution in [1.29, 1.82) is 0 Å². The quantitative estimate of drug-likeness (QED) is 0.379. The number of carbonyl (C=O) groups excluding carboxylic acids is 2. The summed E-state index contributed by atoms with van der Waals surface area (Å²) < 4.78 is 7.28. The lowest BCUT2D eigenvalue weighted by molar-refractivity contribution is -0.123. The second-order valence-corrected chi connectivity index (χ2v) is 7.49. The fourth-order valence-electron chi connectivity index (χ4n) is 3.56. The molecule has 0 saturated carbocycles. The maximum Gasteiger partial charge on any atom is 0.340 e. The number of anilines is 1. The molecular weight excluding hydrogens is 378 g/mol. The van der Waals surface area contributed by atoms with Crippen LogP contribution in [0.25, 0.3) is 21.5 Å². The van der Waals surface area contributed by atoms with Crippen LogP contribution in [0.2, 0.25) is 0 Å². The van der Waals surface area contributed by atoms with Crippen LogP contribution in [0, 0.1) is 0 Å². The van der Waals surface area contributed by atoms with Crippen LogP contribution >= 0.6 is 0 Å². The Morgan fingerprint density at radius 3 is 2.13 bits per heavy atom. The lowest BCUT2D eigenvalue weighted by atomic mass is 9.97. The third-order valence-electron chi connectivity index (χ3n) is 5.04. The topological polar surface area (TPSA) is 73.2 Å². The maximum absolute atomic E-state index is 13.1. The van der Waals surface area contributed by atoms with Gasteiger partial charge in [0.05, 0.1) is 11.8 Å². The first-order chi connectivity index (χ1) is 14.5. The van der Waals surface area contributed by atoms with Crippen molar-refractivity contribution in [2.75, 3.05) is 5.32 Å². The van der Waals surface area contributed by atoms with Crippen molar-refractivity contribution < 1.29 is 14.3 Å². The minimum Gasteiger partial charge on any atom is -0.449 e. The Balaban J connectivity index is 1.62. The van der Waals surface area contributed by atoms with Crippen LogP contribution in [-0.2, 0) is 9.53 Å². The molecule has 152 valence electrons. The highest BCUT2D eigenvalue weighted by Crippen LogP contribution is 2.29. The number of aromatic nitrogens is 2. The number of ether oxygens (including phenoxy) is 1. The molecular formula is C24H23N3O3. The highest BCUT2D eigenvalue weighted by atomic mass is 16.5. The van der Waals surface area contributed by atoms with E-state index in [1.54, 1.807) is 23.9 Å². The van der Waals surface area contributed by atoms with E-state index in [1.165, 1.54) is 0 Å². The summed E-state index contributed by atoms with van der Waals surface area (Å²) in [5.74, 6) is -0.369. The number of fused-ring (bicyclic) bond motifs is 2. The smallest absolute Gasteiger partial charge is 0.340 e. The van der Waals surface area contributed by atoms with Crippen molar-refractivity contribution >= 4 is 39.2 Å². The van der Waals surface area contributed by atoms with Gasteiger partial charge in [0, 0.05) is 12.1 Å². The third kappa shape index (κ3) is 3.64. The van der Waals surface area contributed by atoms with Gasteiger partial charge in [0.1, 0.15) is 5.82 Å². The summed E-state index contributed by atoms with van der Waals surface area (Å²) >= 11 is 0. The van der Waals surface area contributed by atoms with E-state index >= 15 is 0 Å². The average molecular weight is 401 g/mol. The average Bonchev–Trinajstić information content (AvgIpc) is 3.20. The molecule has 4 aromatic rings. The summed E-state index contributed by atoms with van der Waals surface area (Å²) in [6.45, 7) is 5.51. The largest absolute Gasteiger partial charge is 0.449 e. The predicted molar refractivity (Wildman–Crippen MR) is 118 cm³/mol. The number of benzene rings is 3. The Bertz CT molecular complexity index is 1190. The summed E-state index contributed by atoms with van der Waals surface area (Å²) in [5.41, 5.74) is 0.468. The minimum absolute atomic E-state index is 0.0928. The van der Waals surface area contributed by atoms with Gasteiger partial charge < -0.3 is 10.1 Å². The Morgan fingerprint density at radius 1 is 0.933 bits per heavy atom. The summed E-state index contributed by atoms with van der Waals surface area (Å²) in [6.07, 6.45) is 0.653. The van der Waals surface area contributed by atoms with Gasteiger partial charge in [-0.1, -0.05) is 48.5 Å². The van der Waals surface area contributed by atoms with Crippen molar-refractivity contribution in [2.45, 2.75) is 32.9 Å². The number of hydrogen-bond donors (Lipinski definition) is 1. The van der Waals surface area contributed by atoms with E-state index in [9.17, 15) is 9.59 Å². The fraction of sp³-hybridized carbons (Fsp3) is 0.208. The van der Waals surface area contributed by atoms with Crippen LogP contribution in [0.1, 0.15) is 37.2 Å². The number of nitrogens with one attached hydrogen (secondary N) is 1. The lowest BCUT2D eigenvalue weighted by Gasteiger charge is -2.17. The second-order valence-electron chi connectivity index (χ2n) is 7.49. The molecule has 0 aliphatic rings. The molecule has 6 heteroatoms. The molecule has 3 aromatic carbocycles. The van der Waals surface area contributed by atoms with E-state index in [-0.39, 0.29) is 6.04 Å². The van der Waals surface area contributed by atoms with Gasteiger partial charge in [-0.05, 0) is 48.4 Å². The molecule has 0 saturated heterocycles. The number of rotatable bonds is 5. The van der Waals surface area contributed by atoms with Crippen LogP contribution < -0.4 is 5.32 Å². The summed E-state index contributed by atoms with van der Waals surface area (Å²) in [6, 6.07) is 19.2. The maximum atomic E-state index is 13.1. The monoisotopic (exact) mass is 401 g/mol. The van der Waals surface area contributed by atoms with Crippen molar-refractivity contribution in [3.05, 3.63) is 72.4 Å². The molecule has 1 aromatic heterocycles. The van der Waals surface area contributed by atoms with Gasteiger partial charge in [-0.15, -0.1) is 0 Å². The van der Waals surface area contributed by atoms with Crippen LogP contribution in [0.5, 0.6) is 0 Å². The molecule has 30 heavy (non-hydrogen) atoms. The molecule has 1 amide bonds. The summed E-state index contributed by atoms with van der Waals surface area (Å²) in [7, 11) is 0. The summed E-state index contributed by atoms with van der Waals surface area (Å²) in [5, 5.41) is 10.5. The Kier molecular flexibility index (Phi) is 5.23. The van der Waals surface area contributed by atoms with Gasteiger partial charge in [0.15, 0.2) is 6.10 Å². The molecule has 0 radical (unpaired) electrons. The number of amides is 1. The molecule has 0 fully saturated rings. The first kappa shape index (κ1) is 19.6. The van der Waals surface area contributed by atoms with Gasteiger partial charge in [-0.25, -0.2) is 9.48 Å². The zero-order chi connectivity index (χ0) is 21.3. The standard InChI is InChI=1S/C24H23N3O3/c1-15(2)27-21(12-13-25-27)26-23(28)16(3)30-24(29)22-19-10-6-4-8-17(19)14-18-9-5-7-11-20(18)22/h4-16H,1-3H3,(H,26,28)/t16-/m0/s1. The van der Waals surface area contributed by atoms with Gasteiger partial charge in [0.25, 0.3) is 5.91 Å². The van der Waals surface area contributed by atoms with E-state index in [0.29, 0.717) is 11.4 Å². The Labute approximate surface area is 174 Å². The molecule has 4 rings (SSSR count). The van der Waals surface area contributed by atoms with Gasteiger partial charge in [-0.2, -0.15) is 5.10 Å². The normalized spacial score (nSPS) is 12.3. The Morgan fingerprint density at radius 2 is 1.53 bits per heavy atom. The van der Waals surface area contributed by atoms with Crippen LogP contribution in [0.4, 0.5) is 5.82 Å². The lowest BCUT2D eigenvalue weighted by Crippen LogP contribution is -2.31. The first-order valence-electron chi connectivity index (χ1n) is 9.91. The van der Waals surface area contributed by atoms with Crippen molar-refractivity contribution in [3.8, 4) is 0 Å². The van der Waals surface area contributed by atoms with Gasteiger partial charge in [-0.3, -0.25) is 4.79 Å². The molecule has 0 bridgehead atoms. The molecule has 0 aliphatic heterocycles. The number of nitrogens with zero attached hydrogens (tertiary/aromatic N) is 2. The van der Waals surface area contributed by atoms with E-state index in [1.807, 2.05) is 68.4 Å². The van der Waals surface area contributed by atoms with Crippen LogP contribution in [-0.4, -0.2) is 27.8 Å². The van der Waals surface area contributed by atoms with E-state index in [2.05, 4.69) is 10.4 Å². The van der Waals surface area contributed by atoms with Gasteiger partial charge in [0.2, 0.25) is 0 Å². The zero-order valence-electron chi connectivity index (χ0n) is 17.1. The van der Waals surface area contributed by atoms with Gasteiger partial charge >= 0.3 is 5.97 Å². The van der Waals surface area contributed by atoms with Crippen molar-refractivity contribution in [1.82, 2.24) is 9.78 Å². The number of hydrogen-bond acceptors (Lipinski definition) is 4. The molecule has 0 spiro atoms. The molecule has 1 atom stereocenters. The molecule has 0 unspecified atom stereocenters. The molecule has 1 heterocycles. The van der Waals surface area contributed by atoms with Crippen LogP contribution in [0.3, 0.4) is 0 Å². The second kappa shape index (κ2) is 7.99. The molecule has 0 aliphatic carbocycles. The first-order valence-corrected chi connectivity index (χ1v) is 9.91. The highest BCUT2D eigenvalue weighted by molar-refractivity contribution is 6.17. The minimum atomic E-state index is -0.967. The molecule has 1 N–H and O–H groups in total. The van der Waals surface area contributed by atoms with E-state index < -0.39 is 18.0 Å². The molecule has 6 nitrogen and oxygen atoms in total. The summed E-state index contributed by atoms with van der Waals surface area (Å²) in [4.78, 5) is 25.8. The van der Waals surface area contributed by atoms with E-state index in [0.717, 1.165) is 21.5 Å². The predicted octanol–water partition coefficient (Wildman–Crippen LogP) is 4.95. The number of esters is 1. The van der Waals surface area contributed by atoms with Crippen LogP contribution in [0.15, 0.2) is 66.9 Å². The van der Waals surface area contributed by atoms with Crippen molar-refractivity contribution in [3.63, 3.8) is 0 Å². The van der Waals surface area contributed by atoms with E-state index in [4.69, 9.17) is 4.74 Å². The van der Waals surface area contributed by atoms with Crippen molar-refractivity contribution in [2.24, 2.45) is 0 Å². The number of carbonyl (C=O) groups is 2. The Hall–Kier alpha value is -3.67. The fourth-order valence-corrected chi connectivity index (χ4v) is 3.56. The third-order valence-corrected chi connectivity index (χ3v) is 5.04. The highest BCUT2D eigenvalue weighted by Gasteiger charge is 2.23. The SMILES string of the molecule is CC(C)n1nccc1NC(=O)[C@H](C)OC(=O)c1c2ccccc2cc2ccccc12.